The van der Waals surface area contributed by atoms with Crippen LogP contribution in [-0.4, -0.2) is 27.6 Å². The minimum atomic E-state index is -0.404. The molecule has 0 bridgehead atoms. The molecule has 0 saturated heterocycles. The highest BCUT2D eigenvalue weighted by molar-refractivity contribution is 5.20. The molecule has 4 heteroatoms. The summed E-state index contributed by atoms with van der Waals surface area (Å²) in [6.45, 7) is 2.47. The SMILES string of the molecule is Cc1cc(CC(O)CCOc2ccccc2)n(C)n1. The van der Waals surface area contributed by atoms with Gasteiger partial charge in [0.25, 0.3) is 0 Å². The van der Waals surface area contributed by atoms with Gasteiger partial charge in [-0.2, -0.15) is 5.10 Å². The fourth-order valence-corrected chi connectivity index (χ4v) is 2.03. The normalized spacial score (nSPS) is 12.4. The third-order valence-electron chi connectivity index (χ3n) is 3.01. The van der Waals surface area contributed by atoms with Gasteiger partial charge in [-0.15, -0.1) is 0 Å². The van der Waals surface area contributed by atoms with Crippen molar-refractivity contribution in [3.05, 3.63) is 47.8 Å². The number of para-hydroxylation sites is 1. The smallest absolute Gasteiger partial charge is 0.119 e. The third kappa shape index (κ3) is 4.10. The number of hydrogen-bond acceptors (Lipinski definition) is 3. The lowest BCUT2D eigenvalue weighted by molar-refractivity contribution is 0.137. The minimum absolute atomic E-state index is 0.404. The van der Waals surface area contributed by atoms with Crippen molar-refractivity contribution < 1.29 is 9.84 Å². The third-order valence-corrected chi connectivity index (χ3v) is 3.01. The molecule has 1 unspecified atom stereocenters. The van der Waals surface area contributed by atoms with Gasteiger partial charge in [0.15, 0.2) is 0 Å². The zero-order chi connectivity index (χ0) is 13.7. The minimum Gasteiger partial charge on any atom is -0.493 e. The molecule has 0 saturated carbocycles. The summed E-state index contributed by atoms with van der Waals surface area (Å²) in [6.07, 6.45) is 0.813. The standard InChI is InChI=1S/C15H20N2O2/c1-12-10-13(17(2)16-12)11-14(18)8-9-19-15-6-4-3-5-7-15/h3-7,10,14,18H,8-9,11H2,1-2H3. The van der Waals surface area contributed by atoms with Crippen molar-refractivity contribution in [2.75, 3.05) is 6.61 Å². The van der Waals surface area contributed by atoms with E-state index >= 15 is 0 Å². The van der Waals surface area contributed by atoms with E-state index in [-0.39, 0.29) is 0 Å². The highest BCUT2D eigenvalue weighted by Gasteiger charge is 2.10. The first kappa shape index (κ1) is 13.6. The van der Waals surface area contributed by atoms with Crippen molar-refractivity contribution in [3.63, 3.8) is 0 Å². The molecule has 19 heavy (non-hydrogen) atoms. The van der Waals surface area contributed by atoms with E-state index in [2.05, 4.69) is 5.10 Å². The molecule has 0 amide bonds. The first-order chi connectivity index (χ1) is 9.15. The predicted molar refractivity (Wildman–Crippen MR) is 74.2 cm³/mol. The van der Waals surface area contributed by atoms with E-state index in [0.29, 0.717) is 19.4 Å². The average Bonchev–Trinajstić information content (AvgIpc) is 2.69. The lowest BCUT2D eigenvalue weighted by Crippen LogP contribution is -2.16. The molecule has 4 nitrogen and oxygen atoms in total. The van der Waals surface area contributed by atoms with Crippen LogP contribution >= 0.6 is 0 Å². The Kier molecular flexibility index (Phi) is 4.58. The van der Waals surface area contributed by atoms with E-state index in [1.165, 1.54) is 0 Å². The zero-order valence-electron chi connectivity index (χ0n) is 11.4. The van der Waals surface area contributed by atoms with Gasteiger partial charge in [0.05, 0.1) is 18.4 Å². The van der Waals surface area contributed by atoms with Crippen LogP contribution in [0.5, 0.6) is 5.75 Å². The van der Waals surface area contributed by atoms with Crippen molar-refractivity contribution in [2.24, 2.45) is 7.05 Å². The molecule has 1 heterocycles. The fraction of sp³-hybridized carbons (Fsp3) is 0.400. The highest BCUT2D eigenvalue weighted by Crippen LogP contribution is 2.11. The van der Waals surface area contributed by atoms with Crippen LogP contribution in [0.2, 0.25) is 0 Å². The molecule has 0 fully saturated rings. The van der Waals surface area contributed by atoms with Gasteiger partial charge < -0.3 is 9.84 Å². The number of rotatable bonds is 6. The number of nitrogens with zero attached hydrogens (tertiary/aromatic N) is 2. The van der Waals surface area contributed by atoms with Gasteiger partial charge in [0, 0.05) is 25.6 Å². The number of aryl methyl sites for hydroxylation is 2. The summed E-state index contributed by atoms with van der Waals surface area (Å²) in [4.78, 5) is 0. The maximum atomic E-state index is 9.99. The molecule has 2 rings (SSSR count). The zero-order valence-corrected chi connectivity index (χ0v) is 11.4. The van der Waals surface area contributed by atoms with Crippen LogP contribution in [0, 0.1) is 6.92 Å². The summed E-state index contributed by atoms with van der Waals surface area (Å²) in [6, 6.07) is 11.6. The summed E-state index contributed by atoms with van der Waals surface area (Å²) in [5.41, 5.74) is 2.02. The average molecular weight is 260 g/mol. The molecular formula is C15H20N2O2. The van der Waals surface area contributed by atoms with Crippen LogP contribution in [0.25, 0.3) is 0 Å². The second-order valence-electron chi connectivity index (χ2n) is 4.71. The monoisotopic (exact) mass is 260 g/mol. The molecule has 0 aliphatic heterocycles. The van der Waals surface area contributed by atoms with Crippen LogP contribution in [0.3, 0.4) is 0 Å². The second kappa shape index (κ2) is 6.38. The Labute approximate surface area is 113 Å². The Balaban J connectivity index is 1.76. The number of aliphatic hydroxyl groups is 1. The second-order valence-corrected chi connectivity index (χ2v) is 4.71. The van der Waals surface area contributed by atoms with E-state index in [9.17, 15) is 5.11 Å². The number of ether oxygens (including phenoxy) is 1. The van der Waals surface area contributed by atoms with Gasteiger partial charge in [-0.05, 0) is 25.1 Å². The lowest BCUT2D eigenvalue weighted by Gasteiger charge is -2.11. The van der Waals surface area contributed by atoms with Crippen molar-refractivity contribution in [1.82, 2.24) is 9.78 Å². The van der Waals surface area contributed by atoms with E-state index in [0.717, 1.165) is 17.1 Å². The van der Waals surface area contributed by atoms with Crippen molar-refractivity contribution >= 4 is 0 Å². The summed E-state index contributed by atoms with van der Waals surface area (Å²) in [5, 5.41) is 14.3. The quantitative estimate of drug-likeness (QED) is 0.865. The van der Waals surface area contributed by atoms with E-state index < -0.39 is 6.10 Å². The van der Waals surface area contributed by atoms with Crippen LogP contribution in [0.1, 0.15) is 17.8 Å². The van der Waals surface area contributed by atoms with Crippen molar-refractivity contribution in [2.45, 2.75) is 25.9 Å². The Morgan fingerprint density at radius 3 is 2.68 bits per heavy atom. The van der Waals surface area contributed by atoms with Crippen LogP contribution in [0.15, 0.2) is 36.4 Å². The molecule has 102 valence electrons. The predicted octanol–water partition coefficient (Wildman–Crippen LogP) is 2.10. The van der Waals surface area contributed by atoms with Crippen LogP contribution in [0.4, 0.5) is 0 Å². The van der Waals surface area contributed by atoms with Gasteiger partial charge in [-0.25, -0.2) is 0 Å². The molecule has 1 aromatic carbocycles. The van der Waals surface area contributed by atoms with Crippen molar-refractivity contribution in [1.29, 1.82) is 0 Å². The maximum absolute atomic E-state index is 9.99. The van der Waals surface area contributed by atoms with Gasteiger partial charge in [-0.3, -0.25) is 4.68 Å². The van der Waals surface area contributed by atoms with E-state index in [1.54, 1.807) is 0 Å². The summed E-state index contributed by atoms with van der Waals surface area (Å²) >= 11 is 0. The van der Waals surface area contributed by atoms with Gasteiger partial charge in [0.1, 0.15) is 5.75 Å². The van der Waals surface area contributed by atoms with Crippen molar-refractivity contribution in [3.8, 4) is 5.75 Å². The molecular weight excluding hydrogens is 240 g/mol. The van der Waals surface area contributed by atoms with Crippen LogP contribution < -0.4 is 4.74 Å². The fourth-order valence-electron chi connectivity index (χ4n) is 2.03. The number of aromatic nitrogens is 2. The Bertz CT molecular complexity index is 508. The number of hydrogen-bond donors (Lipinski definition) is 1. The number of benzene rings is 1. The van der Waals surface area contributed by atoms with Gasteiger partial charge >= 0.3 is 0 Å². The van der Waals surface area contributed by atoms with Gasteiger partial charge in [0.2, 0.25) is 0 Å². The van der Waals surface area contributed by atoms with Gasteiger partial charge in [-0.1, -0.05) is 18.2 Å². The Morgan fingerprint density at radius 2 is 2.05 bits per heavy atom. The molecule has 0 spiro atoms. The lowest BCUT2D eigenvalue weighted by atomic mass is 10.1. The summed E-state index contributed by atoms with van der Waals surface area (Å²) in [5.74, 6) is 0.839. The Hall–Kier alpha value is -1.81. The number of aliphatic hydroxyl groups excluding tert-OH is 1. The molecule has 0 aliphatic carbocycles. The molecule has 0 aliphatic rings. The topological polar surface area (TPSA) is 47.3 Å². The first-order valence-electron chi connectivity index (χ1n) is 6.50. The molecule has 2 aromatic rings. The molecule has 1 N–H and O–H groups in total. The summed E-state index contributed by atoms with van der Waals surface area (Å²) in [7, 11) is 1.90. The molecule has 1 atom stereocenters. The molecule has 1 aromatic heterocycles. The highest BCUT2D eigenvalue weighted by atomic mass is 16.5. The first-order valence-corrected chi connectivity index (χ1v) is 6.50. The Morgan fingerprint density at radius 1 is 1.32 bits per heavy atom. The van der Waals surface area contributed by atoms with E-state index in [1.807, 2.05) is 55.1 Å². The largest absolute Gasteiger partial charge is 0.493 e. The maximum Gasteiger partial charge on any atom is 0.119 e. The summed E-state index contributed by atoms with van der Waals surface area (Å²) < 4.78 is 7.38. The van der Waals surface area contributed by atoms with Crippen LogP contribution in [-0.2, 0) is 13.5 Å². The molecule has 0 radical (unpaired) electrons. The van der Waals surface area contributed by atoms with E-state index in [4.69, 9.17) is 4.74 Å².